The Balaban J connectivity index is 2.23. The molecule has 0 aromatic carbocycles. The lowest BCUT2D eigenvalue weighted by molar-refractivity contribution is -0.118. The lowest BCUT2D eigenvalue weighted by atomic mass is 10.3. The smallest absolute Gasteiger partial charge is 0.245 e. The highest BCUT2D eigenvalue weighted by Gasteiger charge is 2.31. The molecule has 0 aliphatic carbocycles. The van der Waals surface area contributed by atoms with Crippen LogP contribution in [0.2, 0.25) is 0 Å². The van der Waals surface area contributed by atoms with Gasteiger partial charge in [-0.1, -0.05) is 11.3 Å². The molecule has 0 radical (unpaired) electrons. The first-order valence-electron chi connectivity index (χ1n) is 3.87. The first-order chi connectivity index (χ1) is 6.18. The Kier molecular flexibility index (Phi) is 2.35. The highest BCUT2D eigenvalue weighted by Crippen LogP contribution is 2.29. The highest BCUT2D eigenvalue weighted by atomic mass is 79.9. The predicted octanol–water partition coefficient (Wildman–Crippen LogP) is 0.970. The SMILES string of the molecule is NC1CCN(c2ncc(Br)s2)C1=O. The van der Waals surface area contributed by atoms with Crippen molar-refractivity contribution >= 4 is 38.3 Å². The number of nitrogens with zero attached hydrogens (tertiary/aromatic N) is 2. The van der Waals surface area contributed by atoms with Gasteiger partial charge >= 0.3 is 0 Å². The van der Waals surface area contributed by atoms with E-state index in [2.05, 4.69) is 20.9 Å². The zero-order valence-electron chi connectivity index (χ0n) is 6.74. The molecule has 1 aliphatic rings. The van der Waals surface area contributed by atoms with Crippen LogP contribution in [0.1, 0.15) is 6.42 Å². The summed E-state index contributed by atoms with van der Waals surface area (Å²) in [5, 5.41) is 0.727. The zero-order valence-corrected chi connectivity index (χ0v) is 9.14. The Morgan fingerprint density at radius 2 is 2.54 bits per heavy atom. The Morgan fingerprint density at radius 1 is 1.77 bits per heavy atom. The summed E-state index contributed by atoms with van der Waals surface area (Å²) >= 11 is 4.75. The van der Waals surface area contributed by atoms with Crippen LogP contribution in [0.15, 0.2) is 9.98 Å². The largest absolute Gasteiger partial charge is 0.320 e. The number of thiazole rings is 1. The number of carbonyl (C=O) groups is 1. The maximum atomic E-state index is 11.5. The van der Waals surface area contributed by atoms with Crippen LogP contribution in [0.25, 0.3) is 0 Å². The van der Waals surface area contributed by atoms with Crippen LogP contribution in [0, 0.1) is 0 Å². The molecule has 13 heavy (non-hydrogen) atoms. The number of rotatable bonds is 1. The van der Waals surface area contributed by atoms with Gasteiger partial charge in [0.2, 0.25) is 5.91 Å². The molecule has 1 aromatic heterocycles. The molecule has 0 bridgehead atoms. The summed E-state index contributed by atoms with van der Waals surface area (Å²) < 4.78 is 0.927. The molecule has 6 heteroatoms. The number of halogens is 1. The van der Waals surface area contributed by atoms with E-state index in [4.69, 9.17) is 5.73 Å². The summed E-state index contributed by atoms with van der Waals surface area (Å²) in [7, 11) is 0. The van der Waals surface area contributed by atoms with Crippen LogP contribution >= 0.6 is 27.3 Å². The van der Waals surface area contributed by atoms with Gasteiger partial charge in [0.25, 0.3) is 0 Å². The van der Waals surface area contributed by atoms with Crippen molar-refractivity contribution in [1.29, 1.82) is 0 Å². The number of amides is 1. The molecule has 4 nitrogen and oxygen atoms in total. The van der Waals surface area contributed by atoms with Gasteiger partial charge in [-0.05, 0) is 22.4 Å². The van der Waals surface area contributed by atoms with E-state index in [0.29, 0.717) is 6.54 Å². The lowest BCUT2D eigenvalue weighted by Crippen LogP contribution is -2.33. The van der Waals surface area contributed by atoms with Gasteiger partial charge in [-0.2, -0.15) is 0 Å². The predicted molar refractivity (Wildman–Crippen MR) is 54.8 cm³/mol. The number of nitrogens with two attached hydrogens (primary N) is 1. The topological polar surface area (TPSA) is 59.2 Å². The molecule has 0 saturated carbocycles. The van der Waals surface area contributed by atoms with E-state index in [0.717, 1.165) is 15.3 Å². The molecule has 1 fully saturated rings. The van der Waals surface area contributed by atoms with Gasteiger partial charge in [0, 0.05) is 6.54 Å². The second-order valence-corrected chi connectivity index (χ2v) is 5.22. The standard InChI is InChI=1S/C7H8BrN3OS/c8-5-3-10-7(13-5)11-2-1-4(9)6(11)12/h3-4H,1-2,9H2. The fourth-order valence-electron chi connectivity index (χ4n) is 1.26. The van der Waals surface area contributed by atoms with Crippen molar-refractivity contribution in [2.75, 3.05) is 11.4 Å². The molecule has 70 valence electrons. The van der Waals surface area contributed by atoms with Crippen molar-refractivity contribution in [2.45, 2.75) is 12.5 Å². The average molecular weight is 262 g/mol. The summed E-state index contributed by atoms with van der Waals surface area (Å²) in [4.78, 5) is 17.2. The van der Waals surface area contributed by atoms with E-state index in [-0.39, 0.29) is 11.9 Å². The van der Waals surface area contributed by atoms with Crippen molar-refractivity contribution in [3.05, 3.63) is 9.98 Å². The quantitative estimate of drug-likeness (QED) is 0.820. The van der Waals surface area contributed by atoms with Gasteiger partial charge in [-0.25, -0.2) is 4.98 Å². The molecule has 2 N–H and O–H groups in total. The first kappa shape index (κ1) is 9.11. The van der Waals surface area contributed by atoms with Crippen molar-refractivity contribution in [2.24, 2.45) is 5.73 Å². The Morgan fingerprint density at radius 3 is 3.00 bits per heavy atom. The molecule has 2 rings (SSSR count). The molecule has 1 aromatic rings. The summed E-state index contributed by atoms with van der Waals surface area (Å²) in [6.45, 7) is 0.681. The van der Waals surface area contributed by atoms with Crippen LogP contribution in [0.4, 0.5) is 5.13 Å². The molecule has 1 atom stereocenters. The van der Waals surface area contributed by atoms with Crippen LogP contribution in [0.3, 0.4) is 0 Å². The van der Waals surface area contributed by atoms with Crippen molar-refractivity contribution in [3.63, 3.8) is 0 Å². The fourth-order valence-corrected chi connectivity index (χ4v) is 2.48. The minimum absolute atomic E-state index is 0.0261. The van der Waals surface area contributed by atoms with Crippen molar-refractivity contribution in [3.8, 4) is 0 Å². The van der Waals surface area contributed by atoms with Gasteiger partial charge < -0.3 is 5.73 Å². The Bertz CT molecular complexity index is 340. The second kappa shape index (κ2) is 3.36. The summed E-state index contributed by atoms with van der Waals surface area (Å²) in [6, 6.07) is -0.345. The normalized spacial score (nSPS) is 22.8. The van der Waals surface area contributed by atoms with Crippen LogP contribution in [-0.4, -0.2) is 23.5 Å². The monoisotopic (exact) mass is 261 g/mol. The maximum Gasteiger partial charge on any atom is 0.245 e. The Labute approximate surface area is 87.9 Å². The number of aromatic nitrogens is 1. The van der Waals surface area contributed by atoms with Crippen LogP contribution < -0.4 is 10.6 Å². The molecule has 1 saturated heterocycles. The number of hydrogen-bond acceptors (Lipinski definition) is 4. The van der Waals surface area contributed by atoms with E-state index in [1.165, 1.54) is 11.3 Å². The van der Waals surface area contributed by atoms with E-state index in [9.17, 15) is 4.79 Å². The van der Waals surface area contributed by atoms with Gasteiger partial charge in [0.05, 0.1) is 16.0 Å². The van der Waals surface area contributed by atoms with Crippen molar-refractivity contribution in [1.82, 2.24) is 4.98 Å². The number of anilines is 1. The lowest BCUT2D eigenvalue weighted by Gasteiger charge is -2.10. The summed E-state index contributed by atoms with van der Waals surface area (Å²) in [6.07, 6.45) is 2.41. The van der Waals surface area contributed by atoms with Crippen molar-refractivity contribution < 1.29 is 4.79 Å². The van der Waals surface area contributed by atoms with Gasteiger partial charge in [0.15, 0.2) is 5.13 Å². The molecular formula is C7H8BrN3OS. The maximum absolute atomic E-state index is 11.5. The molecule has 2 heterocycles. The highest BCUT2D eigenvalue weighted by molar-refractivity contribution is 9.11. The van der Waals surface area contributed by atoms with Gasteiger partial charge in [-0.3, -0.25) is 9.69 Å². The van der Waals surface area contributed by atoms with E-state index < -0.39 is 0 Å². The third-order valence-electron chi connectivity index (χ3n) is 1.94. The minimum atomic E-state index is -0.345. The van der Waals surface area contributed by atoms with E-state index in [1.54, 1.807) is 11.1 Å². The van der Waals surface area contributed by atoms with E-state index in [1.807, 2.05) is 0 Å². The van der Waals surface area contributed by atoms with Crippen LogP contribution in [0.5, 0.6) is 0 Å². The van der Waals surface area contributed by atoms with E-state index >= 15 is 0 Å². The van der Waals surface area contributed by atoms with Gasteiger partial charge in [-0.15, -0.1) is 0 Å². The molecular weight excluding hydrogens is 254 g/mol. The molecule has 1 aliphatic heterocycles. The average Bonchev–Trinajstić information content (AvgIpc) is 2.62. The van der Waals surface area contributed by atoms with Gasteiger partial charge in [0.1, 0.15) is 0 Å². The third-order valence-corrected chi connectivity index (χ3v) is 3.44. The zero-order chi connectivity index (χ0) is 9.42. The molecule has 0 spiro atoms. The first-order valence-corrected chi connectivity index (χ1v) is 5.48. The number of hydrogen-bond donors (Lipinski definition) is 1. The summed E-state index contributed by atoms with van der Waals surface area (Å²) in [5.74, 6) is -0.0261. The molecule has 1 amide bonds. The number of carbonyl (C=O) groups excluding carboxylic acids is 1. The Hall–Kier alpha value is -0.460. The molecule has 1 unspecified atom stereocenters. The third kappa shape index (κ3) is 1.61. The summed E-state index contributed by atoms with van der Waals surface area (Å²) in [5.41, 5.74) is 5.59. The van der Waals surface area contributed by atoms with Crippen LogP contribution in [-0.2, 0) is 4.79 Å². The minimum Gasteiger partial charge on any atom is -0.320 e. The second-order valence-electron chi connectivity index (χ2n) is 2.83. The fraction of sp³-hybridized carbons (Fsp3) is 0.429.